The summed E-state index contributed by atoms with van der Waals surface area (Å²) < 4.78 is 27.0. The number of sulfonamides is 1. The normalized spacial score (nSPS) is 15.7. The number of carbonyl (C=O) groups is 2. The van der Waals surface area contributed by atoms with Crippen LogP contribution in [0.4, 0.5) is 5.69 Å². The molecule has 0 bridgehead atoms. The van der Waals surface area contributed by atoms with Crippen molar-refractivity contribution in [1.82, 2.24) is 4.31 Å². The minimum Gasteiger partial charge on any atom is -0.366 e. The maximum atomic E-state index is 12.8. The van der Waals surface area contributed by atoms with E-state index in [2.05, 4.69) is 5.32 Å². The van der Waals surface area contributed by atoms with E-state index in [1.807, 2.05) is 31.2 Å². The van der Waals surface area contributed by atoms with Crippen LogP contribution >= 0.6 is 0 Å². The summed E-state index contributed by atoms with van der Waals surface area (Å²) in [6.45, 7) is 4.29. The highest BCUT2D eigenvalue weighted by Gasteiger charge is 2.31. The van der Waals surface area contributed by atoms with E-state index in [9.17, 15) is 18.0 Å². The van der Waals surface area contributed by atoms with Crippen molar-refractivity contribution in [3.8, 4) is 0 Å². The second-order valence-corrected chi connectivity index (χ2v) is 9.72. The lowest BCUT2D eigenvalue weighted by molar-refractivity contribution is -0.120. The Kier molecular flexibility index (Phi) is 6.58. The molecule has 1 aliphatic rings. The lowest BCUT2D eigenvalue weighted by Crippen LogP contribution is -2.42. The second kappa shape index (κ2) is 8.97. The van der Waals surface area contributed by atoms with Gasteiger partial charge in [-0.3, -0.25) is 9.59 Å². The monoisotopic (exact) mass is 429 g/mol. The predicted molar refractivity (Wildman–Crippen MR) is 116 cm³/mol. The smallest absolute Gasteiger partial charge is 0.249 e. The Morgan fingerprint density at radius 3 is 2.40 bits per heavy atom. The van der Waals surface area contributed by atoms with E-state index in [1.54, 1.807) is 25.1 Å². The fourth-order valence-corrected chi connectivity index (χ4v) is 5.32. The second-order valence-electron chi connectivity index (χ2n) is 7.75. The molecule has 0 atom stereocenters. The van der Waals surface area contributed by atoms with Gasteiger partial charge >= 0.3 is 0 Å². The molecular weight excluding hydrogens is 402 g/mol. The predicted octanol–water partition coefficient (Wildman–Crippen LogP) is 2.58. The average Bonchev–Trinajstić information content (AvgIpc) is 2.69. The lowest BCUT2D eigenvalue weighted by Gasteiger charge is -2.30. The Balaban J connectivity index is 1.60. The first kappa shape index (κ1) is 22.0. The molecule has 1 saturated heterocycles. The summed E-state index contributed by atoms with van der Waals surface area (Å²) in [7, 11) is -3.43. The van der Waals surface area contributed by atoms with Gasteiger partial charge < -0.3 is 11.1 Å². The minimum atomic E-state index is -3.43. The van der Waals surface area contributed by atoms with Crippen molar-refractivity contribution in [3.05, 3.63) is 64.7 Å². The first-order valence-electron chi connectivity index (χ1n) is 9.91. The third-order valence-corrected chi connectivity index (χ3v) is 7.36. The molecule has 1 aliphatic heterocycles. The molecule has 8 heteroatoms. The molecule has 0 aromatic heterocycles. The molecule has 0 saturated carbocycles. The molecule has 0 aliphatic carbocycles. The Bertz CT molecular complexity index is 1060. The maximum Gasteiger partial charge on any atom is 0.249 e. The van der Waals surface area contributed by atoms with E-state index in [0.717, 1.165) is 11.1 Å². The van der Waals surface area contributed by atoms with Crippen LogP contribution in [-0.4, -0.2) is 37.6 Å². The van der Waals surface area contributed by atoms with Crippen LogP contribution in [-0.2, 0) is 20.6 Å². The molecule has 3 rings (SSSR count). The summed E-state index contributed by atoms with van der Waals surface area (Å²) in [4.78, 5) is 24.2. The van der Waals surface area contributed by atoms with Crippen LogP contribution in [0.3, 0.4) is 0 Å². The van der Waals surface area contributed by atoms with Crippen LogP contribution in [0.15, 0.2) is 42.5 Å². The molecule has 2 amide bonds. The summed E-state index contributed by atoms with van der Waals surface area (Å²) in [6.07, 6.45) is 0.904. The Labute approximate surface area is 177 Å². The van der Waals surface area contributed by atoms with Gasteiger partial charge in [0.2, 0.25) is 21.8 Å². The zero-order chi connectivity index (χ0) is 21.9. The Morgan fingerprint density at radius 2 is 1.77 bits per heavy atom. The molecular formula is C22H27N3O4S. The molecule has 7 nitrogen and oxygen atoms in total. The van der Waals surface area contributed by atoms with Gasteiger partial charge in [-0.1, -0.05) is 35.9 Å². The van der Waals surface area contributed by atoms with E-state index in [4.69, 9.17) is 5.73 Å². The molecule has 0 spiro atoms. The van der Waals surface area contributed by atoms with Gasteiger partial charge in [-0.05, 0) is 49.9 Å². The summed E-state index contributed by atoms with van der Waals surface area (Å²) in [5.74, 6) is -1.04. The fraction of sp³-hybridized carbons (Fsp3) is 0.364. The first-order chi connectivity index (χ1) is 14.2. The quantitative estimate of drug-likeness (QED) is 0.735. The number of hydrogen-bond donors (Lipinski definition) is 2. The Hall–Kier alpha value is -2.71. The van der Waals surface area contributed by atoms with Crippen molar-refractivity contribution >= 4 is 27.5 Å². The molecule has 0 unspecified atom stereocenters. The number of amides is 2. The summed E-state index contributed by atoms with van der Waals surface area (Å²) in [5, 5.41) is 2.86. The number of rotatable bonds is 6. The summed E-state index contributed by atoms with van der Waals surface area (Å²) >= 11 is 0. The largest absolute Gasteiger partial charge is 0.366 e. The maximum absolute atomic E-state index is 12.8. The molecule has 1 fully saturated rings. The van der Waals surface area contributed by atoms with Crippen molar-refractivity contribution in [2.24, 2.45) is 11.7 Å². The number of primary amides is 1. The van der Waals surface area contributed by atoms with E-state index in [0.29, 0.717) is 42.7 Å². The van der Waals surface area contributed by atoms with E-state index in [1.165, 1.54) is 4.31 Å². The molecule has 0 radical (unpaired) electrons. The first-order valence-corrected chi connectivity index (χ1v) is 11.5. The zero-order valence-electron chi connectivity index (χ0n) is 17.2. The number of nitrogens with two attached hydrogens (primary N) is 1. The van der Waals surface area contributed by atoms with Gasteiger partial charge in [0.05, 0.1) is 5.75 Å². The highest BCUT2D eigenvalue weighted by molar-refractivity contribution is 7.88. The van der Waals surface area contributed by atoms with Gasteiger partial charge in [0.1, 0.15) is 0 Å². The number of piperidine rings is 1. The van der Waals surface area contributed by atoms with Crippen molar-refractivity contribution in [3.63, 3.8) is 0 Å². The summed E-state index contributed by atoms with van der Waals surface area (Å²) in [5.41, 5.74) is 8.68. The van der Waals surface area contributed by atoms with Gasteiger partial charge in [0, 0.05) is 30.3 Å². The molecule has 30 heavy (non-hydrogen) atoms. The van der Waals surface area contributed by atoms with Gasteiger partial charge in [-0.2, -0.15) is 0 Å². The topological polar surface area (TPSA) is 110 Å². The van der Waals surface area contributed by atoms with E-state index >= 15 is 0 Å². The van der Waals surface area contributed by atoms with Crippen molar-refractivity contribution < 1.29 is 18.0 Å². The summed E-state index contributed by atoms with van der Waals surface area (Å²) in [6, 6.07) is 12.5. The molecule has 3 N–H and O–H groups in total. The zero-order valence-corrected chi connectivity index (χ0v) is 18.0. The van der Waals surface area contributed by atoms with Crippen molar-refractivity contribution in [1.29, 1.82) is 0 Å². The third-order valence-electron chi connectivity index (χ3n) is 5.51. The molecule has 2 aromatic carbocycles. The van der Waals surface area contributed by atoms with Gasteiger partial charge in [0.25, 0.3) is 0 Å². The number of benzene rings is 2. The highest BCUT2D eigenvalue weighted by Crippen LogP contribution is 2.25. The van der Waals surface area contributed by atoms with Crippen LogP contribution in [0.2, 0.25) is 0 Å². The highest BCUT2D eigenvalue weighted by atomic mass is 32.2. The standard InChI is InChI=1S/C22H27N3O4S/c1-15-5-3-6-17(13-15)14-30(28,29)25-11-9-18(10-12-25)22(27)24-20-8-4-7-19(16(20)2)21(23)26/h3-8,13,18H,9-12,14H2,1-2H3,(H2,23,26)(H,24,27). The number of carbonyl (C=O) groups excluding carboxylic acids is 2. The lowest BCUT2D eigenvalue weighted by atomic mass is 9.96. The number of hydrogen-bond acceptors (Lipinski definition) is 4. The number of nitrogens with zero attached hydrogens (tertiary/aromatic N) is 1. The SMILES string of the molecule is Cc1cccc(CS(=O)(=O)N2CCC(C(=O)Nc3cccc(C(N)=O)c3C)CC2)c1. The van der Waals surface area contributed by atoms with Crippen LogP contribution in [0.5, 0.6) is 0 Å². The average molecular weight is 430 g/mol. The number of aryl methyl sites for hydroxylation is 1. The molecule has 160 valence electrons. The van der Waals surface area contributed by atoms with Gasteiger partial charge in [-0.15, -0.1) is 0 Å². The fourth-order valence-electron chi connectivity index (χ4n) is 3.77. The van der Waals surface area contributed by atoms with E-state index < -0.39 is 15.9 Å². The van der Waals surface area contributed by atoms with Crippen LogP contribution in [0.25, 0.3) is 0 Å². The van der Waals surface area contributed by atoms with Crippen LogP contribution in [0, 0.1) is 19.8 Å². The van der Waals surface area contributed by atoms with Crippen molar-refractivity contribution in [2.75, 3.05) is 18.4 Å². The number of nitrogens with one attached hydrogen (secondary N) is 1. The van der Waals surface area contributed by atoms with E-state index in [-0.39, 0.29) is 17.6 Å². The number of anilines is 1. The minimum absolute atomic E-state index is 0.0371. The van der Waals surface area contributed by atoms with Crippen molar-refractivity contribution in [2.45, 2.75) is 32.4 Å². The molecule has 2 aromatic rings. The molecule has 1 heterocycles. The Morgan fingerprint density at radius 1 is 1.10 bits per heavy atom. The van der Waals surface area contributed by atoms with Gasteiger partial charge in [-0.25, -0.2) is 12.7 Å². The third kappa shape index (κ3) is 5.06. The van der Waals surface area contributed by atoms with Crippen LogP contribution in [0.1, 0.15) is 39.9 Å². The van der Waals surface area contributed by atoms with Gasteiger partial charge in [0.15, 0.2) is 0 Å². The van der Waals surface area contributed by atoms with Crippen LogP contribution < -0.4 is 11.1 Å².